The van der Waals surface area contributed by atoms with Gasteiger partial charge in [0.15, 0.2) is 0 Å². The largest absolute Gasteiger partial charge is 0.376 e. The van der Waals surface area contributed by atoms with E-state index in [2.05, 4.69) is 26.6 Å². The summed E-state index contributed by atoms with van der Waals surface area (Å²) in [5.41, 5.74) is 0.741. The highest BCUT2D eigenvalue weighted by atomic mass is 79.9. The van der Waals surface area contributed by atoms with Gasteiger partial charge in [-0.25, -0.2) is 0 Å². The molecule has 6 heteroatoms. The Morgan fingerprint density at radius 3 is 2.82 bits per heavy atom. The van der Waals surface area contributed by atoms with Crippen molar-refractivity contribution in [3.8, 4) is 0 Å². The molecule has 1 heterocycles. The highest BCUT2D eigenvalue weighted by molar-refractivity contribution is 9.10. The van der Waals surface area contributed by atoms with Crippen molar-refractivity contribution in [3.63, 3.8) is 0 Å². The lowest BCUT2D eigenvalue weighted by Crippen LogP contribution is -2.33. The van der Waals surface area contributed by atoms with E-state index >= 15 is 0 Å². The van der Waals surface area contributed by atoms with Crippen molar-refractivity contribution in [2.75, 3.05) is 18.5 Å². The molecular formula is C16H19BrN2O3. The Bertz CT molecular complexity index is 572. The van der Waals surface area contributed by atoms with Gasteiger partial charge in [-0.1, -0.05) is 22.0 Å². The van der Waals surface area contributed by atoms with Gasteiger partial charge in [0.25, 0.3) is 0 Å². The number of carbonyl (C=O) groups is 2. The average molecular weight is 367 g/mol. The highest BCUT2D eigenvalue weighted by Gasteiger charge is 2.48. The van der Waals surface area contributed by atoms with Crippen LogP contribution in [0.15, 0.2) is 28.7 Å². The molecule has 1 saturated heterocycles. The highest BCUT2D eigenvalue weighted by Crippen LogP contribution is 2.39. The number of rotatable bonds is 5. The Morgan fingerprint density at radius 2 is 2.09 bits per heavy atom. The zero-order valence-corrected chi connectivity index (χ0v) is 13.8. The van der Waals surface area contributed by atoms with E-state index in [1.54, 1.807) is 0 Å². The summed E-state index contributed by atoms with van der Waals surface area (Å²) < 4.78 is 6.38. The van der Waals surface area contributed by atoms with Gasteiger partial charge in [-0.2, -0.15) is 0 Å². The molecule has 1 aromatic carbocycles. The molecule has 22 heavy (non-hydrogen) atoms. The fourth-order valence-corrected chi connectivity index (χ4v) is 3.13. The molecule has 0 radical (unpaired) electrons. The molecule has 3 unspecified atom stereocenters. The zero-order valence-electron chi connectivity index (χ0n) is 12.2. The van der Waals surface area contributed by atoms with Gasteiger partial charge >= 0.3 is 0 Å². The quantitative estimate of drug-likeness (QED) is 0.840. The summed E-state index contributed by atoms with van der Waals surface area (Å²) in [6.45, 7) is 1.33. The van der Waals surface area contributed by atoms with Crippen molar-refractivity contribution in [3.05, 3.63) is 28.7 Å². The first-order valence-electron chi connectivity index (χ1n) is 7.59. The number of nitrogens with one attached hydrogen (secondary N) is 2. The van der Waals surface area contributed by atoms with Crippen LogP contribution in [0.1, 0.15) is 19.3 Å². The number of carbonyl (C=O) groups excluding carboxylic acids is 2. The molecule has 5 nitrogen and oxygen atoms in total. The predicted molar refractivity (Wildman–Crippen MR) is 86.4 cm³/mol. The Morgan fingerprint density at radius 1 is 1.27 bits per heavy atom. The van der Waals surface area contributed by atoms with Gasteiger partial charge in [0, 0.05) is 23.3 Å². The summed E-state index contributed by atoms with van der Waals surface area (Å²) in [7, 11) is 0. The number of hydrogen-bond acceptors (Lipinski definition) is 3. The second-order valence-corrected chi connectivity index (χ2v) is 6.74. The van der Waals surface area contributed by atoms with Gasteiger partial charge in [0.05, 0.1) is 17.9 Å². The van der Waals surface area contributed by atoms with E-state index in [1.807, 2.05) is 24.3 Å². The molecule has 2 amide bonds. The van der Waals surface area contributed by atoms with E-state index in [-0.39, 0.29) is 29.8 Å². The molecule has 2 fully saturated rings. The van der Waals surface area contributed by atoms with Gasteiger partial charge < -0.3 is 15.4 Å². The van der Waals surface area contributed by atoms with Gasteiger partial charge in [-0.3, -0.25) is 9.59 Å². The van der Waals surface area contributed by atoms with E-state index in [1.165, 1.54) is 0 Å². The van der Waals surface area contributed by atoms with Crippen LogP contribution in [0.3, 0.4) is 0 Å². The first-order valence-corrected chi connectivity index (χ1v) is 8.38. The van der Waals surface area contributed by atoms with Crippen LogP contribution in [-0.4, -0.2) is 31.1 Å². The lowest BCUT2D eigenvalue weighted by molar-refractivity contribution is -0.125. The number of anilines is 1. The number of benzene rings is 1. The van der Waals surface area contributed by atoms with Crippen molar-refractivity contribution < 1.29 is 14.3 Å². The van der Waals surface area contributed by atoms with Crippen molar-refractivity contribution in [1.29, 1.82) is 0 Å². The van der Waals surface area contributed by atoms with E-state index in [4.69, 9.17) is 4.74 Å². The topological polar surface area (TPSA) is 67.4 Å². The summed E-state index contributed by atoms with van der Waals surface area (Å²) in [5, 5.41) is 5.75. The fourth-order valence-electron chi connectivity index (χ4n) is 2.73. The van der Waals surface area contributed by atoms with E-state index in [0.717, 1.165) is 29.6 Å². The molecule has 118 valence electrons. The van der Waals surface area contributed by atoms with Crippen LogP contribution in [-0.2, 0) is 14.3 Å². The lowest BCUT2D eigenvalue weighted by Gasteiger charge is -2.10. The molecule has 0 spiro atoms. The standard InChI is InChI=1S/C16H19BrN2O3/c17-10-3-1-4-11(7-10)19-16(21)14-8-13(14)15(20)18-9-12-5-2-6-22-12/h1,3-4,7,12-14H,2,5-6,8-9H2,(H,18,20)(H,19,21). The molecule has 2 N–H and O–H groups in total. The SMILES string of the molecule is O=C(NCC1CCCO1)C1CC1C(=O)Nc1cccc(Br)c1. The summed E-state index contributed by atoms with van der Waals surface area (Å²) in [4.78, 5) is 24.2. The summed E-state index contributed by atoms with van der Waals surface area (Å²) in [5.74, 6) is -0.544. The van der Waals surface area contributed by atoms with Crippen LogP contribution >= 0.6 is 15.9 Å². The van der Waals surface area contributed by atoms with E-state index in [0.29, 0.717) is 13.0 Å². The van der Waals surface area contributed by atoms with Crippen molar-refractivity contribution in [2.24, 2.45) is 11.8 Å². The molecule has 1 aliphatic heterocycles. The Kier molecular flexibility index (Phi) is 4.78. The fraction of sp³-hybridized carbons (Fsp3) is 0.500. The summed E-state index contributed by atoms with van der Waals surface area (Å²) in [6.07, 6.45) is 2.81. The maximum atomic E-state index is 12.1. The number of halogens is 1. The van der Waals surface area contributed by atoms with Gasteiger partial charge in [0.1, 0.15) is 0 Å². The second-order valence-electron chi connectivity index (χ2n) is 5.83. The van der Waals surface area contributed by atoms with Gasteiger partial charge in [0.2, 0.25) is 11.8 Å². The monoisotopic (exact) mass is 366 g/mol. The summed E-state index contributed by atoms with van der Waals surface area (Å²) in [6, 6.07) is 7.43. The van der Waals surface area contributed by atoms with Crippen molar-refractivity contribution in [2.45, 2.75) is 25.4 Å². The van der Waals surface area contributed by atoms with Crippen LogP contribution in [0, 0.1) is 11.8 Å². The Balaban J connectivity index is 1.44. The van der Waals surface area contributed by atoms with Crippen LogP contribution in [0.5, 0.6) is 0 Å². The third kappa shape index (κ3) is 3.87. The molecule has 0 bridgehead atoms. The average Bonchev–Trinajstić information content (AvgIpc) is 3.13. The molecule has 0 aromatic heterocycles. The molecule has 3 atom stereocenters. The van der Waals surface area contributed by atoms with Crippen LogP contribution in [0.4, 0.5) is 5.69 Å². The molecule has 1 aliphatic carbocycles. The van der Waals surface area contributed by atoms with Crippen molar-refractivity contribution in [1.82, 2.24) is 5.32 Å². The van der Waals surface area contributed by atoms with Crippen LogP contribution in [0.25, 0.3) is 0 Å². The second kappa shape index (κ2) is 6.79. The minimum Gasteiger partial charge on any atom is -0.376 e. The van der Waals surface area contributed by atoms with E-state index < -0.39 is 0 Å². The van der Waals surface area contributed by atoms with Crippen molar-refractivity contribution >= 4 is 33.4 Å². The van der Waals surface area contributed by atoms with Crippen LogP contribution in [0.2, 0.25) is 0 Å². The van der Waals surface area contributed by atoms with Gasteiger partial charge in [-0.05, 0) is 37.5 Å². The van der Waals surface area contributed by atoms with Gasteiger partial charge in [-0.15, -0.1) is 0 Å². The predicted octanol–water partition coefficient (Wildman–Crippen LogP) is 2.32. The first-order chi connectivity index (χ1) is 10.6. The van der Waals surface area contributed by atoms with E-state index in [9.17, 15) is 9.59 Å². The molecule has 2 aliphatic rings. The first kappa shape index (κ1) is 15.5. The Hall–Kier alpha value is -1.40. The number of amides is 2. The molecule has 1 saturated carbocycles. The Labute approximate surface area is 137 Å². The molecular weight excluding hydrogens is 348 g/mol. The lowest BCUT2D eigenvalue weighted by atomic mass is 10.2. The normalized spacial score (nSPS) is 26.5. The third-order valence-electron chi connectivity index (χ3n) is 4.08. The number of ether oxygens (including phenoxy) is 1. The third-order valence-corrected chi connectivity index (χ3v) is 4.58. The minimum atomic E-state index is -0.219. The smallest absolute Gasteiger partial charge is 0.228 e. The zero-order chi connectivity index (χ0) is 15.5. The summed E-state index contributed by atoms with van der Waals surface area (Å²) >= 11 is 3.37. The van der Waals surface area contributed by atoms with Crippen LogP contribution < -0.4 is 10.6 Å². The molecule has 1 aromatic rings. The molecule has 3 rings (SSSR count). The maximum absolute atomic E-state index is 12.1. The minimum absolute atomic E-state index is 0.0371. The maximum Gasteiger partial charge on any atom is 0.228 e. The number of hydrogen-bond donors (Lipinski definition) is 2.